The van der Waals surface area contributed by atoms with Crippen molar-refractivity contribution in [3.05, 3.63) is 64.0 Å². The van der Waals surface area contributed by atoms with Crippen molar-refractivity contribution in [1.82, 2.24) is 24.1 Å². The lowest BCUT2D eigenvalue weighted by Gasteiger charge is -2.30. The monoisotopic (exact) mass is 445 g/mol. The molecular formula is C21H27N5O4S. The third-order valence-electron chi connectivity index (χ3n) is 5.14. The Balaban J connectivity index is 1.90. The number of rotatable bonds is 6. The normalized spacial score (nSPS) is 12.4. The quantitative estimate of drug-likeness (QED) is 0.623. The number of aromatic nitrogens is 4. The lowest BCUT2D eigenvalue weighted by molar-refractivity contribution is 0.291. The minimum Gasteiger partial charge on any atom is -0.495 e. The van der Waals surface area contributed by atoms with Crippen LogP contribution in [-0.2, 0) is 16.4 Å². The molecule has 0 bridgehead atoms. The fourth-order valence-corrected chi connectivity index (χ4v) is 4.41. The Labute approximate surface area is 181 Å². The molecule has 0 aliphatic heterocycles. The van der Waals surface area contributed by atoms with Crippen LogP contribution in [0.3, 0.4) is 0 Å². The molecule has 3 aromatic rings. The minimum atomic E-state index is -3.70. The fourth-order valence-electron chi connectivity index (χ4n) is 2.94. The van der Waals surface area contributed by atoms with Gasteiger partial charge in [-0.05, 0) is 52.0 Å². The Kier molecular flexibility index (Phi) is 6.06. The second kappa shape index (κ2) is 8.27. The number of pyridine rings is 2. The number of nitrogens with one attached hydrogen (secondary N) is 1. The van der Waals surface area contributed by atoms with Crippen molar-refractivity contribution in [3.63, 3.8) is 0 Å². The summed E-state index contributed by atoms with van der Waals surface area (Å²) in [6.07, 6.45) is 3.21. The molecule has 0 unspecified atom stereocenters. The summed E-state index contributed by atoms with van der Waals surface area (Å²) in [6, 6.07) is 6.56. The summed E-state index contributed by atoms with van der Waals surface area (Å²) in [6.45, 7) is 7.24. The van der Waals surface area contributed by atoms with Gasteiger partial charge < -0.3 is 4.74 Å². The van der Waals surface area contributed by atoms with E-state index in [1.54, 1.807) is 32.4 Å². The molecule has 0 atom stereocenters. The van der Waals surface area contributed by atoms with Crippen LogP contribution < -0.4 is 10.3 Å². The number of aromatic amines is 1. The fraction of sp³-hybridized carbons (Fsp3) is 0.381. The third kappa shape index (κ3) is 4.54. The Morgan fingerprint density at radius 3 is 2.35 bits per heavy atom. The van der Waals surface area contributed by atoms with Crippen LogP contribution in [0.4, 0.5) is 0 Å². The number of sulfonamides is 1. The van der Waals surface area contributed by atoms with Crippen molar-refractivity contribution in [1.29, 1.82) is 0 Å². The molecule has 0 fully saturated rings. The first kappa shape index (κ1) is 22.7. The number of ether oxygens (including phenoxy) is 1. The van der Waals surface area contributed by atoms with Crippen LogP contribution in [0, 0.1) is 6.92 Å². The second-order valence-corrected chi connectivity index (χ2v) is 10.2. The summed E-state index contributed by atoms with van der Waals surface area (Å²) >= 11 is 0. The first-order chi connectivity index (χ1) is 14.4. The number of nitrogens with zero attached hydrogens (tertiary/aromatic N) is 4. The minimum absolute atomic E-state index is 0.0626. The van der Waals surface area contributed by atoms with Gasteiger partial charge in [0, 0.05) is 42.2 Å². The summed E-state index contributed by atoms with van der Waals surface area (Å²) < 4.78 is 33.3. The Hall–Kier alpha value is -2.98. The highest BCUT2D eigenvalue weighted by Crippen LogP contribution is 2.22. The van der Waals surface area contributed by atoms with Crippen molar-refractivity contribution < 1.29 is 13.2 Å². The molecule has 3 aromatic heterocycles. The van der Waals surface area contributed by atoms with Crippen LogP contribution in [0.15, 0.2) is 46.3 Å². The van der Waals surface area contributed by atoms with Crippen LogP contribution in [-0.4, -0.2) is 52.2 Å². The molecule has 0 radical (unpaired) electrons. The summed E-state index contributed by atoms with van der Waals surface area (Å²) in [5, 5.41) is 3.01. The summed E-state index contributed by atoms with van der Waals surface area (Å²) in [4.78, 5) is 21.5. The van der Waals surface area contributed by atoms with E-state index in [2.05, 4.69) is 15.1 Å². The van der Waals surface area contributed by atoms with Gasteiger partial charge in [0.25, 0.3) is 5.56 Å². The maximum absolute atomic E-state index is 13.0. The molecule has 0 spiro atoms. The topological polar surface area (TPSA) is 110 Å². The highest BCUT2D eigenvalue weighted by atomic mass is 32.2. The second-order valence-electron chi connectivity index (χ2n) is 8.22. The zero-order valence-electron chi connectivity index (χ0n) is 18.5. The van der Waals surface area contributed by atoms with Crippen molar-refractivity contribution in [2.45, 2.75) is 44.6 Å². The van der Waals surface area contributed by atoms with Gasteiger partial charge in [-0.25, -0.2) is 18.1 Å². The summed E-state index contributed by atoms with van der Waals surface area (Å²) in [5.74, 6) is 0.947. The summed E-state index contributed by atoms with van der Waals surface area (Å²) in [7, 11) is -0.605. The molecule has 0 aliphatic carbocycles. The van der Waals surface area contributed by atoms with Crippen LogP contribution in [0.2, 0.25) is 0 Å². The van der Waals surface area contributed by atoms with Gasteiger partial charge in [-0.1, -0.05) is 0 Å². The first-order valence-corrected chi connectivity index (χ1v) is 11.1. The first-order valence-electron chi connectivity index (χ1n) is 9.70. The predicted molar refractivity (Wildman–Crippen MR) is 117 cm³/mol. The maximum atomic E-state index is 13.0. The lowest BCUT2D eigenvalue weighted by Crippen LogP contribution is -2.42. The highest BCUT2D eigenvalue weighted by molar-refractivity contribution is 7.89. The highest BCUT2D eigenvalue weighted by Gasteiger charge is 2.30. The number of methoxy groups -OCH3 is 1. The number of hydrogen-bond acceptors (Lipinski definition) is 6. The zero-order valence-corrected chi connectivity index (χ0v) is 19.3. The standard InChI is InChI=1S/C21H27N5O4S/c1-14-18(11-15-7-8-16(30-6)12-22-15)20(27)26(24-14)19-10-9-17(13-23-19)31(28,29)25(5)21(2,3)4/h7-10,12-13,24H,11H2,1-6H3. The smallest absolute Gasteiger partial charge is 0.276 e. The lowest BCUT2D eigenvalue weighted by atomic mass is 10.1. The van der Waals surface area contributed by atoms with Gasteiger partial charge in [0.15, 0.2) is 5.82 Å². The third-order valence-corrected chi connectivity index (χ3v) is 7.24. The molecule has 0 aromatic carbocycles. The van der Waals surface area contributed by atoms with Gasteiger partial charge >= 0.3 is 0 Å². The largest absolute Gasteiger partial charge is 0.495 e. The Bertz CT molecular complexity index is 1220. The van der Waals surface area contributed by atoms with Crippen LogP contribution >= 0.6 is 0 Å². The van der Waals surface area contributed by atoms with Crippen LogP contribution in [0.25, 0.3) is 5.82 Å². The average Bonchev–Trinajstić information content (AvgIpc) is 3.01. The predicted octanol–water partition coefficient (Wildman–Crippen LogP) is 2.28. The van der Waals surface area contributed by atoms with E-state index in [1.807, 2.05) is 20.8 Å². The summed E-state index contributed by atoms with van der Waals surface area (Å²) in [5.41, 5.74) is 1.14. The molecule has 1 N–H and O–H groups in total. The molecule has 3 rings (SSSR count). The van der Waals surface area contributed by atoms with Crippen molar-refractivity contribution >= 4 is 10.0 Å². The van der Waals surface area contributed by atoms with E-state index in [9.17, 15) is 13.2 Å². The van der Waals surface area contributed by atoms with Crippen molar-refractivity contribution in [2.24, 2.45) is 0 Å². The maximum Gasteiger partial charge on any atom is 0.276 e. The van der Waals surface area contributed by atoms with Gasteiger partial charge in [-0.3, -0.25) is 14.9 Å². The molecule has 31 heavy (non-hydrogen) atoms. The van der Waals surface area contributed by atoms with E-state index in [4.69, 9.17) is 4.74 Å². The molecular weight excluding hydrogens is 418 g/mol. The molecule has 0 amide bonds. The Morgan fingerprint density at radius 2 is 1.84 bits per heavy atom. The molecule has 10 heteroatoms. The Morgan fingerprint density at radius 1 is 1.13 bits per heavy atom. The molecule has 0 saturated heterocycles. The van der Waals surface area contributed by atoms with Gasteiger partial charge in [-0.15, -0.1) is 0 Å². The van der Waals surface area contributed by atoms with Crippen LogP contribution in [0.5, 0.6) is 5.75 Å². The van der Waals surface area contributed by atoms with Gasteiger partial charge in [0.1, 0.15) is 10.6 Å². The van der Waals surface area contributed by atoms with Gasteiger partial charge in [0.2, 0.25) is 10.0 Å². The van der Waals surface area contributed by atoms with E-state index in [1.165, 1.54) is 34.4 Å². The van der Waals surface area contributed by atoms with Gasteiger partial charge in [-0.2, -0.15) is 4.31 Å². The molecule has 3 heterocycles. The van der Waals surface area contributed by atoms with Gasteiger partial charge in [0.05, 0.1) is 13.3 Å². The number of aryl methyl sites for hydroxylation is 1. The zero-order chi connectivity index (χ0) is 23.0. The number of H-pyrrole nitrogens is 1. The molecule has 9 nitrogen and oxygen atoms in total. The molecule has 0 aliphatic rings. The molecule has 166 valence electrons. The van der Waals surface area contributed by atoms with E-state index < -0.39 is 15.6 Å². The number of hydrogen-bond donors (Lipinski definition) is 1. The van der Waals surface area contributed by atoms with E-state index >= 15 is 0 Å². The van der Waals surface area contributed by atoms with E-state index in [0.717, 1.165) is 5.69 Å². The van der Waals surface area contributed by atoms with Crippen LogP contribution in [0.1, 0.15) is 37.7 Å². The average molecular weight is 446 g/mol. The van der Waals surface area contributed by atoms with E-state index in [-0.39, 0.29) is 10.5 Å². The SMILES string of the molecule is COc1ccc(Cc2c(C)[nH]n(-c3ccc(S(=O)(=O)N(C)C(C)(C)C)cn3)c2=O)nc1. The molecule has 0 saturated carbocycles. The van der Waals surface area contributed by atoms with Crippen molar-refractivity contribution in [3.8, 4) is 11.6 Å². The van der Waals surface area contributed by atoms with Crippen molar-refractivity contribution in [2.75, 3.05) is 14.2 Å². The van der Waals surface area contributed by atoms with E-state index in [0.29, 0.717) is 29.2 Å².